The van der Waals surface area contributed by atoms with Crippen molar-refractivity contribution in [2.24, 2.45) is 0 Å². The third-order valence-electron chi connectivity index (χ3n) is 6.72. The minimum absolute atomic E-state index is 0.00828. The van der Waals surface area contributed by atoms with Crippen molar-refractivity contribution in [1.29, 1.82) is 0 Å². The number of hydrogen-bond acceptors (Lipinski definition) is 8. The van der Waals surface area contributed by atoms with Gasteiger partial charge in [0.05, 0.1) is 23.1 Å². The fourth-order valence-electron chi connectivity index (χ4n) is 4.78. The van der Waals surface area contributed by atoms with E-state index in [0.29, 0.717) is 12.0 Å². The van der Waals surface area contributed by atoms with Crippen LogP contribution in [0.25, 0.3) is 0 Å². The van der Waals surface area contributed by atoms with Gasteiger partial charge in [-0.25, -0.2) is 13.2 Å². The second-order valence-electron chi connectivity index (χ2n) is 9.54. The number of carbonyl (C=O) groups excluding carboxylic acids is 2. The summed E-state index contributed by atoms with van der Waals surface area (Å²) in [5, 5.41) is 24.7. The third kappa shape index (κ3) is 6.38. The number of rotatable bonds is 8. The Morgan fingerprint density at radius 2 is 1.82 bits per heavy atom. The lowest BCUT2D eigenvalue weighted by molar-refractivity contribution is -0.131. The number of hydrogen-bond donors (Lipinski definition) is 6. The number of aromatic carboxylic acids is 1. The minimum Gasteiger partial charge on any atom is -0.534 e. The molecular weight excluding hydrogens is 568 g/mol. The molecular formula is C23H27BN3O11PS. The highest BCUT2D eigenvalue weighted by Crippen LogP contribution is 2.34. The van der Waals surface area contributed by atoms with Gasteiger partial charge in [-0.3, -0.25) is 14.2 Å². The van der Waals surface area contributed by atoms with Crippen LogP contribution in [0, 0.1) is 0 Å². The van der Waals surface area contributed by atoms with Crippen LogP contribution >= 0.6 is 7.60 Å². The summed E-state index contributed by atoms with van der Waals surface area (Å²) in [5.41, 5.74) is 0.382. The highest BCUT2D eigenvalue weighted by atomic mass is 32.2. The Balaban J connectivity index is 1.60. The van der Waals surface area contributed by atoms with Crippen LogP contribution < -0.4 is 20.6 Å². The van der Waals surface area contributed by atoms with Gasteiger partial charge in [0.2, 0.25) is 21.8 Å². The molecule has 14 nitrogen and oxygen atoms in total. The van der Waals surface area contributed by atoms with E-state index >= 15 is 0 Å². The topological polar surface area (TPSA) is 220 Å². The predicted octanol–water partition coefficient (Wildman–Crippen LogP) is -1.09. The van der Waals surface area contributed by atoms with Crippen LogP contribution in [-0.2, 0) is 30.6 Å². The number of carbonyl (C=O) groups is 3. The quantitative estimate of drug-likeness (QED) is 0.159. The van der Waals surface area contributed by atoms with Gasteiger partial charge in [0.15, 0.2) is 0 Å². The lowest BCUT2D eigenvalue weighted by Crippen LogP contribution is -2.56. The third-order valence-corrected chi connectivity index (χ3v) is 8.98. The highest BCUT2D eigenvalue weighted by molar-refractivity contribution is 7.88. The molecule has 0 bridgehead atoms. The average molecular weight is 595 g/mol. The van der Waals surface area contributed by atoms with E-state index in [1.807, 2.05) is 0 Å². The molecule has 0 aliphatic carbocycles. The Kier molecular flexibility index (Phi) is 8.40. The molecule has 0 spiro atoms. The molecule has 2 aromatic carbocycles. The maximum absolute atomic E-state index is 13.5. The molecule has 3 atom stereocenters. The van der Waals surface area contributed by atoms with Crippen LogP contribution in [0.15, 0.2) is 42.5 Å². The lowest BCUT2D eigenvalue weighted by Gasteiger charge is -2.31. The van der Waals surface area contributed by atoms with Crippen molar-refractivity contribution in [2.75, 3.05) is 12.8 Å². The second-order valence-corrected chi connectivity index (χ2v) is 13.1. The van der Waals surface area contributed by atoms with Crippen LogP contribution in [0.2, 0.25) is 0 Å². The molecule has 1 saturated heterocycles. The minimum atomic E-state index is -4.60. The van der Waals surface area contributed by atoms with Gasteiger partial charge in [-0.1, -0.05) is 24.3 Å². The summed E-state index contributed by atoms with van der Waals surface area (Å²) in [6.07, 6.45) is 1.62. The van der Waals surface area contributed by atoms with E-state index in [0.717, 1.165) is 22.7 Å². The van der Waals surface area contributed by atoms with Gasteiger partial charge in [-0.2, -0.15) is 4.31 Å². The first-order valence-electron chi connectivity index (χ1n) is 12.1. The van der Waals surface area contributed by atoms with Gasteiger partial charge in [-0.05, 0) is 48.6 Å². The molecule has 0 radical (unpaired) electrons. The molecule has 2 heterocycles. The summed E-state index contributed by atoms with van der Waals surface area (Å²) in [7, 11) is -9.95. The zero-order chi connectivity index (χ0) is 29.4. The molecule has 6 N–H and O–H groups in total. The molecule has 1 fully saturated rings. The molecule has 17 heteroatoms. The first-order chi connectivity index (χ1) is 18.7. The normalized spacial score (nSPS) is 20.2. The first kappa shape index (κ1) is 29.7. The smallest absolute Gasteiger partial charge is 0.534 e. The number of carboxylic acid groups (broad SMARTS) is 1. The van der Waals surface area contributed by atoms with Gasteiger partial charge < -0.3 is 35.2 Å². The molecule has 4 rings (SSSR count). The molecule has 40 heavy (non-hydrogen) atoms. The van der Waals surface area contributed by atoms with E-state index in [1.165, 1.54) is 24.3 Å². The maximum atomic E-state index is 13.5. The van der Waals surface area contributed by atoms with Gasteiger partial charge in [-0.15, -0.1) is 0 Å². The van der Waals surface area contributed by atoms with Gasteiger partial charge in [0.25, 0.3) is 0 Å². The van der Waals surface area contributed by atoms with E-state index in [-0.39, 0.29) is 41.6 Å². The maximum Gasteiger partial charge on any atom is 0.547 e. The molecule has 214 valence electrons. The van der Waals surface area contributed by atoms with Crippen molar-refractivity contribution in [1.82, 2.24) is 14.9 Å². The zero-order valence-corrected chi connectivity index (χ0v) is 22.8. The average Bonchev–Trinajstić information content (AvgIpc) is 3.38. The van der Waals surface area contributed by atoms with Crippen LogP contribution in [0.5, 0.6) is 5.75 Å². The van der Waals surface area contributed by atoms with Crippen LogP contribution in [0.3, 0.4) is 0 Å². The highest BCUT2D eigenvalue weighted by Gasteiger charge is 2.41. The molecule has 0 aromatic heterocycles. The molecule has 2 amide bonds. The summed E-state index contributed by atoms with van der Waals surface area (Å²) in [6, 6.07) is 6.54. The van der Waals surface area contributed by atoms with Gasteiger partial charge >= 0.3 is 20.7 Å². The van der Waals surface area contributed by atoms with Gasteiger partial charge in [0, 0.05) is 6.54 Å². The number of nitrogens with zero attached hydrogens (tertiary/aromatic N) is 1. The summed E-state index contributed by atoms with van der Waals surface area (Å²) >= 11 is 0. The Bertz CT molecular complexity index is 1480. The SMILES string of the molecule is CS(=O)(=O)N1CCCC1C(=O)NC(C(=O)NC1Cc2cccc(C(=O)O)c2OB1O)c1ccc(P(=O)(O)O)cc1. The van der Waals surface area contributed by atoms with Crippen molar-refractivity contribution < 1.29 is 51.9 Å². The molecule has 2 aromatic rings. The number of amides is 2. The van der Waals surface area contributed by atoms with Crippen molar-refractivity contribution in [2.45, 2.75) is 37.3 Å². The molecule has 2 aliphatic rings. The van der Waals surface area contributed by atoms with E-state index < -0.39 is 60.5 Å². The second kappa shape index (κ2) is 11.3. The summed E-state index contributed by atoms with van der Waals surface area (Å²) < 4.78 is 42.3. The fourth-order valence-corrected chi connectivity index (χ4v) is 6.44. The fraction of sp³-hybridized carbons (Fsp3) is 0.348. The monoisotopic (exact) mass is 595 g/mol. The Morgan fingerprint density at radius 3 is 2.42 bits per heavy atom. The van der Waals surface area contributed by atoms with E-state index in [4.69, 9.17) is 4.65 Å². The predicted molar refractivity (Wildman–Crippen MR) is 141 cm³/mol. The van der Waals surface area contributed by atoms with Crippen LogP contribution in [0.1, 0.15) is 40.4 Å². The lowest BCUT2D eigenvalue weighted by atomic mass is 9.72. The first-order valence-corrected chi connectivity index (χ1v) is 15.6. The van der Waals surface area contributed by atoms with E-state index in [1.54, 1.807) is 6.07 Å². The number of fused-ring (bicyclic) bond motifs is 1. The molecule has 2 aliphatic heterocycles. The summed E-state index contributed by atoms with van der Waals surface area (Å²) in [4.78, 5) is 57.0. The molecule has 3 unspecified atom stereocenters. The van der Waals surface area contributed by atoms with Crippen molar-refractivity contribution >= 4 is 47.8 Å². The number of sulfonamides is 1. The largest absolute Gasteiger partial charge is 0.547 e. The Labute approximate surface area is 229 Å². The number of benzene rings is 2. The summed E-state index contributed by atoms with van der Waals surface area (Å²) in [6.45, 7) is 0.133. The van der Waals surface area contributed by atoms with Crippen molar-refractivity contribution in [3.63, 3.8) is 0 Å². The number of carboxylic acids is 1. The van der Waals surface area contributed by atoms with E-state index in [2.05, 4.69) is 10.6 Å². The van der Waals surface area contributed by atoms with Crippen LogP contribution in [0.4, 0.5) is 0 Å². The van der Waals surface area contributed by atoms with Gasteiger partial charge in [0.1, 0.15) is 17.8 Å². The summed E-state index contributed by atoms with van der Waals surface area (Å²) in [5.74, 6) is -3.93. The Morgan fingerprint density at radius 1 is 1.15 bits per heavy atom. The zero-order valence-electron chi connectivity index (χ0n) is 21.1. The van der Waals surface area contributed by atoms with Crippen molar-refractivity contribution in [3.8, 4) is 5.75 Å². The standard InChI is InChI=1S/C23H27BN3O11PS/c1-40(36,37)27-11-3-6-17(27)21(28)26-19(13-7-9-15(10-8-13)39(33,34)35)22(29)25-18-12-14-4-2-5-16(23(30)31)20(14)38-24(18)32/h2,4-5,7-10,17-19,32H,3,6,11-12H2,1H3,(H,25,29)(H,26,28)(H,30,31)(H2,33,34,35). The number of nitrogens with one attached hydrogen (secondary N) is 2. The number of para-hydroxylation sites is 1. The van der Waals surface area contributed by atoms with Crippen LogP contribution in [-0.4, -0.2) is 82.3 Å². The molecule has 0 saturated carbocycles. The van der Waals surface area contributed by atoms with Crippen molar-refractivity contribution in [3.05, 3.63) is 59.2 Å². The Hall–Kier alpha value is -3.27. The van der Waals surface area contributed by atoms with E-state index in [9.17, 15) is 47.3 Å².